The average molecular weight is 408 g/mol. The third-order valence-electron chi connectivity index (χ3n) is 3.67. The molecule has 1 atom stereocenters. The highest BCUT2D eigenvalue weighted by Gasteiger charge is 2.39. The zero-order chi connectivity index (χ0) is 14.9. The molecule has 20 heavy (non-hydrogen) atoms. The number of aliphatic carboxylic acids is 1. The smallest absolute Gasteiger partial charge is 0.311 e. The Morgan fingerprint density at radius 3 is 2.75 bits per heavy atom. The van der Waals surface area contributed by atoms with Gasteiger partial charge in [-0.25, -0.2) is 0 Å². The van der Waals surface area contributed by atoms with Gasteiger partial charge in [-0.3, -0.25) is 9.59 Å². The van der Waals surface area contributed by atoms with Crippen molar-refractivity contribution in [2.45, 2.75) is 19.8 Å². The van der Waals surface area contributed by atoms with Crippen LogP contribution in [0, 0.1) is 8.99 Å². The molecule has 1 aromatic carbocycles. The molecule has 0 spiro atoms. The maximum absolute atomic E-state index is 12.4. The van der Waals surface area contributed by atoms with Crippen LogP contribution in [0.15, 0.2) is 18.2 Å². The Kier molecular flexibility index (Phi) is 4.59. The Balaban J connectivity index is 2.20. The third kappa shape index (κ3) is 3.09. The summed E-state index contributed by atoms with van der Waals surface area (Å²) in [5.41, 5.74) is -0.356. The summed E-state index contributed by atoms with van der Waals surface area (Å²) in [4.78, 5) is 25.4. The molecular formula is C14H15ClINO3. The lowest BCUT2D eigenvalue weighted by atomic mass is 9.82. The molecule has 1 unspecified atom stereocenters. The van der Waals surface area contributed by atoms with Crippen molar-refractivity contribution in [2.24, 2.45) is 5.41 Å². The Bertz CT molecular complexity index is 563. The van der Waals surface area contributed by atoms with Crippen LogP contribution in [-0.4, -0.2) is 35.0 Å². The molecule has 1 aliphatic rings. The number of hydrogen-bond donors (Lipinski definition) is 1. The van der Waals surface area contributed by atoms with Gasteiger partial charge < -0.3 is 10.0 Å². The van der Waals surface area contributed by atoms with Crippen LogP contribution in [0.1, 0.15) is 30.1 Å². The molecule has 108 valence electrons. The molecule has 0 saturated carbocycles. The summed E-state index contributed by atoms with van der Waals surface area (Å²) in [6.07, 6.45) is 1.30. The standard InChI is InChI=1S/C14H15ClINO3/c1-14(13(19)20)5-2-6-17(8-14)12(18)9-3-4-11(16)10(15)7-9/h3-4,7H,2,5-6,8H2,1H3,(H,19,20). The minimum absolute atomic E-state index is 0.157. The lowest BCUT2D eigenvalue weighted by Crippen LogP contribution is -2.48. The molecule has 1 aliphatic heterocycles. The maximum atomic E-state index is 12.4. The lowest BCUT2D eigenvalue weighted by Gasteiger charge is -2.37. The van der Waals surface area contributed by atoms with Crippen molar-refractivity contribution >= 4 is 46.1 Å². The quantitative estimate of drug-likeness (QED) is 0.766. The van der Waals surface area contributed by atoms with Crippen molar-refractivity contribution in [2.75, 3.05) is 13.1 Å². The first-order valence-corrected chi connectivity index (χ1v) is 7.77. The minimum Gasteiger partial charge on any atom is -0.481 e. The number of carboxylic acid groups (broad SMARTS) is 1. The molecule has 1 heterocycles. The summed E-state index contributed by atoms with van der Waals surface area (Å²) in [6.45, 7) is 2.52. The molecule has 1 amide bonds. The van der Waals surface area contributed by atoms with Crippen molar-refractivity contribution in [3.8, 4) is 0 Å². The predicted molar refractivity (Wildman–Crippen MR) is 85.0 cm³/mol. The van der Waals surface area contributed by atoms with E-state index in [-0.39, 0.29) is 12.5 Å². The van der Waals surface area contributed by atoms with E-state index in [4.69, 9.17) is 11.6 Å². The van der Waals surface area contributed by atoms with Crippen LogP contribution in [0.5, 0.6) is 0 Å². The molecule has 1 saturated heterocycles. The number of carboxylic acids is 1. The van der Waals surface area contributed by atoms with Crippen LogP contribution < -0.4 is 0 Å². The van der Waals surface area contributed by atoms with Crippen LogP contribution in [0.25, 0.3) is 0 Å². The van der Waals surface area contributed by atoms with Crippen molar-refractivity contribution in [1.82, 2.24) is 4.90 Å². The molecule has 4 nitrogen and oxygen atoms in total. The third-order valence-corrected chi connectivity index (χ3v) is 5.24. The normalized spacial score (nSPS) is 22.6. The van der Waals surface area contributed by atoms with Crippen molar-refractivity contribution in [3.05, 3.63) is 32.4 Å². The summed E-state index contributed by atoms with van der Waals surface area (Å²) in [6, 6.07) is 5.15. The number of amides is 1. The Labute approximate surface area is 136 Å². The van der Waals surface area contributed by atoms with E-state index in [9.17, 15) is 14.7 Å². The first kappa shape index (κ1) is 15.6. The average Bonchev–Trinajstić information content (AvgIpc) is 2.41. The fourth-order valence-electron chi connectivity index (χ4n) is 2.40. The summed E-state index contributed by atoms with van der Waals surface area (Å²) >= 11 is 8.13. The Morgan fingerprint density at radius 2 is 2.15 bits per heavy atom. The van der Waals surface area contributed by atoms with E-state index >= 15 is 0 Å². The second kappa shape index (κ2) is 5.89. The first-order chi connectivity index (χ1) is 9.33. The van der Waals surface area contributed by atoms with Gasteiger partial charge in [0.25, 0.3) is 5.91 Å². The van der Waals surface area contributed by atoms with E-state index in [1.165, 1.54) is 0 Å². The number of benzene rings is 1. The summed E-state index contributed by atoms with van der Waals surface area (Å²) in [5, 5.41) is 9.82. The van der Waals surface area contributed by atoms with E-state index in [1.54, 1.807) is 30.0 Å². The molecule has 1 fully saturated rings. The topological polar surface area (TPSA) is 57.6 Å². The number of carbonyl (C=O) groups is 2. The first-order valence-electron chi connectivity index (χ1n) is 6.31. The highest BCUT2D eigenvalue weighted by atomic mass is 127. The van der Waals surface area contributed by atoms with Crippen LogP contribution in [-0.2, 0) is 4.79 Å². The fourth-order valence-corrected chi connectivity index (χ4v) is 2.92. The number of halogens is 2. The molecule has 0 bridgehead atoms. The fraction of sp³-hybridized carbons (Fsp3) is 0.429. The van der Waals surface area contributed by atoms with Gasteiger partial charge in [-0.15, -0.1) is 0 Å². The van der Waals surface area contributed by atoms with Gasteiger partial charge in [0, 0.05) is 22.2 Å². The Hall–Kier alpha value is -0.820. The second-order valence-corrected chi connectivity index (χ2v) is 6.89. The van der Waals surface area contributed by atoms with Gasteiger partial charge in [0.2, 0.25) is 0 Å². The van der Waals surface area contributed by atoms with Crippen molar-refractivity contribution in [3.63, 3.8) is 0 Å². The number of carbonyl (C=O) groups excluding carboxylic acids is 1. The van der Waals surface area contributed by atoms with Gasteiger partial charge >= 0.3 is 5.97 Å². The van der Waals surface area contributed by atoms with Crippen molar-refractivity contribution in [1.29, 1.82) is 0 Å². The lowest BCUT2D eigenvalue weighted by molar-refractivity contribution is -0.150. The van der Waals surface area contributed by atoms with Gasteiger partial charge in [-0.1, -0.05) is 11.6 Å². The second-order valence-electron chi connectivity index (χ2n) is 5.32. The summed E-state index contributed by atoms with van der Waals surface area (Å²) in [7, 11) is 0. The molecule has 0 radical (unpaired) electrons. The SMILES string of the molecule is CC1(C(=O)O)CCCN(C(=O)c2ccc(I)c(Cl)c2)C1. The van der Waals surface area contributed by atoms with E-state index < -0.39 is 11.4 Å². The minimum atomic E-state index is -0.860. The van der Waals surface area contributed by atoms with Gasteiger partial charge in [0.05, 0.1) is 10.4 Å². The largest absolute Gasteiger partial charge is 0.481 e. The monoisotopic (exact) mass is 407 g/mol. The van der Waals surface area contributed by atoms with Crippen LogP contribution in [0.4, 0.5) is 0 Å². The molecule has 1 N–H and O–H groups in total. The molecule has 0 aliphatic carbocycles. The van der Waals surface area contributed by atoms with Gasteiger partial charge in [-0.2, -0.15) is 0 Å². The summed E-state index contributed by atoms with van der Waals surface area (Å²) < 4.78 is 0.884. The Morgan fingerprint density at radius 1 is 1.45 bits per heavy atom. The van der Waals surface area contributed by atoms with Gasteiger partial charge in [0.15, 0.2) is 0 Å². The number of nitrogens with zero attached hydrogens (tertiary/aromatic N) is 1. The maximum Gasteiger partial charge on any atom is 0.311 e. The number of hydrogen-bond acceptors (Lipinski definition) is 2. The molecular weight excluding hydrogens is 393 g/mol. The van der Waals surface area contributed by atoms with E-state index in [2.05, 4.69) is 22.6 Å². The van der Waals surface area contributed by atoms with Crippen LogP contribution in [0.3, 0.4) is 0 Å². The molecule has 2 rings (SSSR count). The van der Waals surface area contributed by atoms with Crippen LogP contribution >= 0.6 is 34.2 Å². The van der Waals surface area contributed by atoms with Crippen LogP contribution in [0.2, 0.25) is 5.02 Å². The number of likely N-dealkylation sites (tertiary alicyclic amines) is 1. The molecule has 0 aromatic heterocycles. The molecule has 6 heteroatoms. The highest BCUT2D eigenvalue weighted by molar-refractivity contribution is 14.1. The summed E-state index contributed by atoms with van der Waals surface area (Å²) in [5.74, 6) is -1.01. The predicted octanol–water partition coefficient (Wildman–Crippen LogP) is 3.27. The van der Waals surface area contributed by atoms with Gasteiger partial charge in [-0.05, 0) is 60.6 Å². The number of rotatable bonds is 2. The number of piperidine rings is 1. The highest BCUT2D eigenvalue weighted by Crippen LogP contribution is 2.31. The van der Waals surface area contributed by atoms with E-state index in [1.807, 2.05) is 0 Å². The van der Waals surface area contributed by atoms with Crippen molar-refractivity contribution < 1.29 is 14.7 Å². The van der Waals surface area contributed by atoms with Gasteiger partial charge in [0.1, 0.15) is 0 Å². The van der Waals surface area contributed by atoms with E-state index in [0.29, 0.717) is 30.0 Å². The zero-order valence-electron chi connectivity index (χ0n) is 11.0. The zero-order valence-corrected chi connectivity index (χ0v) is 13.9. The van der Waals surface area contributed by atoms with E-state index in [0.717, 1.165) is 3.57 Å². The molecule has 1 aromatic rings.